The van der Waals surface area contributed by atoms with E-state index in [1.165, 1.54) is 0 Å². The number of ether oxygens (including phenoxy) is 1. The first-order valence-corrected chi connectivity index (χ1v) is 8.27. The van der Waals surface area contributed by atoms with E-state index in [2.05, 4.69) is 0 Å². The molecule has 0 aromatic heterocycles. The zero-order valence-electron chi connectivity index (χ0n) is 12.8. The van der Waals surface area contributed by atoms with Crippen molar-refractivity contribution in [2.24, 2.45) is 5.92 Å². The topological polar surface area (TPSA) is 66.8 Å². The lowest BCUT2D eigenvalue weighted by Crippen LogP contribution is -2.49. The normalized spacial score (nSPS) is 23.7. The van der Waals surface area contributed by atoms with E-state index in [0.717, 1.165) is 5.56 Å². The van der Waals surface area contributed by atoms with Gasteiger partial charge in [-0.05, 0) is 37.0 Å². The molecule has 2 fully saturated rings. The lowest BCUT2D eigenvalue weighted by atomic mass is 9.73. The summed E-state index contributed by atoms with van der Waals surface area (Å²) >= 11 is 5.97. The van der Waals surface area contributed by atoms with Gasteiger partial charge in [-0.25, -0.2) is 0 Å². The molecule has 2 saturated heterocycles. The Morgan fingerprint density at radius 3 is 2.43 bits per heavy atom. The van der Waals surface area contributed by atoms with Gasteiger partial charge in [0.2, 0.25) is 5.91 Å². The minimum atomic E-state index is -0.826. The van der Waals surface area contributed by atoms with Crippen LogP contribution in [0, 0.1) is 5.92 Å². The summed E-state index contributed by atoms with van der Waals surface area (Å²) in [5, 5.41) is 9.80. The van der Waals surface area contributed by atoms with Gasteiger partial charge in [0.15, 0.2) is 0 Å². The number of carbonyl (C=O) groups excluding carboxylic acids is 1. The molecule has 3 rings (SSSR count). The smallest absolute Gasteiger partial charge is 0.308 e. The van der Waals surface area contributed by atoms with Gasteiger partial charge in [0.1, 0.15) is 0 Å². The molecule has 1 aromatic rings. The Morgan fingerprint density at radius 2 is 1.87 bits per heavy atom. The molecule has 0 saturated carbocycles. The van der Waals surface area contributed by atoms with Gasteiger partial charge < -0.3 is 14.7 Å². The highest BCUT2D eigenvalue weighted by atomic mass is 35.5. The molecular weight excluding hydrogens is 318 g/mol. The number of nitrogens with zero attached hydrogens (tertiary/aromatic N) is 1. The zero-order chi connectivity index (χ0) is 16.4. The average Bonchev–Trinajstić information content (AvgIpc) is 3.05. The summed E-state index contributed by atoms with van der Waals surface area (Å²) in [5.41, 5.74) is 0.310. The molecule has 1 unspecified atom stereocenters. The van der Waals surface area contributed by atoms with Crippen molar-refractivity contribution in [3.05, 3.63) is 34.9 Å². The van der Waals surface area contributed by atoms with Crippen molar-refractivity contribution >= 4 is 23.5 Å². The van der Waals surface area contributed by atoms with E-state index in [1.54, 1.807) is 17.0 Å². The van der Waals surface area contributed by atoms with Gasteiger partial charge >= 0.3 is 5.97 Å². The molecule has 0 bridgehead atoms. The molecule has 1 amide bonds. The second-order valence-electron chi connectivity index (χ2n) is 6.28. The molecule has 23 heavy (non-hydrogen) atoms. The number of carbonyl (C=O) groups is 2. The van der Waals surface area contributed by atoms with Crippen LogP contribution < -0.4 is 0 Å². The summed E-state index contributed by atoms with van der Waals surface area (Å²) in [6.07, 6.45) is 1.75. The summed E-state index contributed by atoms with van der Waals surface area (Å²) in [7, 11) is 0. The number of aliphatic carboxylic acids is 1. The number of rotatable bonds is 3. The Bertz CT molecular complexity index is 595. The Labute approximate surface area is 140 Å². The fraction of sp³-hybridized carbons (Fsp3) is 0.529. The van der Waals surface area contributed by atoms with Gasteiger partial charge in [0, 0.05) is 31.3 Å². The lowest BCUT2D eigenvalue weighted by molar-refractivity contribution is -0.143. The van der Waals surface area contributed by atoms with Gasteiger partial charge in [-0.3, -0.25) is 9.59 Å². The van der Waals surface area contributed by atoms with Crippen LogP contribution in [0.2, 0.25) is 5.02 Å². The van der Waals surface area contributed by atoms with Crippen LogP contribution in [0.3, 0.4) is 0 Å². The zero-order valence-corrected chi connectivity index (χ0v) is 13.6. The van der Waals surface area contributed by atoms with E-state index >= 15 is 0 Å². The molecule has 124 valence electrons. The lowest BCUT2D eigenvalue weighted by Gasteiger charge is -2.39. The third-order valence-electron chi connectivity index (χ3n) is 4.98. The quantitative estimate of drug-likeness (QED) is 0.919. The summed E-state index contributed by atoms with van der Waals surface area (Å²) in [6, 6.07) is 7.39. The first-order valence-electron chi connectivity index (χ1n) is 7.89. The van der Waals surface area contributed by atoms with Gasteiger partial charge in [-0.2, -0.15) is 0 Å². The Morgan fingerprint density at radius 1 is 1.22 bits per heavy atom. The van der Waals surface area contributed by atoms with Crippen molar-refractivity contribution in [3.8, 4) is 0 Å². The van der Waals surface area contributed by atoms with Crippen LogP contribution in [-0.2, 0) is 19.7 Å². The summed E-state index contributed by atoms with van der Waals surface area (Å²) < 4.78 is 5.45. The van der Waals surface area contributed by atoms with E-state index < -0.39 is 17.3 Å². The second-order valence-corrected chi connectivity index (χ2v) is 6.71. The molecular formula is C17H20ClNO4. The maximum Gasteiger partial charge on any atom is 0.308 e. The molecule has 0 radical (unpaired) electrons. The van der Waals surface area contributed by atoms with Crippen molar-refractivity contribution in [3.63, 3.8) is 0 Å². The predicted molar refractivity (Wildman–Crippen MR) is 85.5 cm³/mol. The Hall–Kier alpha value is -1.59. The number of hydrogen-bond donors (Lipinski definition) is 1. The molecule has 2 aliphatic heterocycles. The number of benzene rings is 1. The first kappa shape index (κ1) is 16.3. The van der Waals surface area contributed by atoms with Crippen LogP contribution in [0.5, 0.6) is 0 Å². The molecule has 0 spiro atoms. The largest absolute Gasteiger partial charge is 0.481 e. The van der Waals surface area contributed by atoms with Crippen LogP contribution in [0.25, 0.3) is 0 Å². The fourth-order valence-corrected chi connectivity index (χ4v) is 3.69. The van der Waals surface area contributed by atoms with E-state index in [1.807, 2.05) is 12.1 Å². The second kappa shape index (κ2) is 6.49. The number of carboxylic acid groups (broad SMARTS) is 1. The van der Waals surface area contributed by atoms with Crippen LogP contribution in [0.15, 0.2) is 24.3 Å². The summed E-state index contributed by atoms with van der Waals surface area (Å²) in [5.74, 6) is -1.26. The Kier molecular flexibility index (Phi) is 4.60. The molecule has 1 aromatic carbocycles. The van der Waals surface area contributed by atoms with Crippen molar-refractivity contribution < 1.29 is 19.4 Å². The predicted octanol–water partition coefficient (Wildman–Crippen LogP) is 2.32. The van der Waals surface area contributed by atoms with Crippen molar-refractivity contribution in [2.45, 2.75) is 24.7 Å². The molecule has 2 heterocycles. The van der Waals surface area contributed by atoms with E-state index in [-0.39, 0.29) is 5.91 Å². The number of likely N-dealkylation sites (tertiary alicyclic amines) is 1. The number of carboxylic acids is 1. The van der Waals surface area contributed by atoms with E-state index in [4.69, 9.17) is 21.4 Å². The van der Waals surface area contributed by atoms with Crippen LogP contribution in [0.4, 0.5) is 0 Å². The number of amides is 1. The standard InChI is InChI=1S/C17H20ClNO4/c18-14-3-1-13(2-4-14)17(6-9-23-10-7-17)16(22)19-8-5-12(11-19)15(20)21/h1-4,12H,5-11H2,(H,20,21). The van der Waals surface area contributed by atoms with Crippen LogP contribution in [0.1, 0.15) is 24.8 Å². The SMILES string of the molecule is O=C(O)C1CCN(C(=O)C2(c3ccc(Cl)cc3)CCOCC2)C1. The molecule has 5 nitrogen and oxygen atoms in total. The van der Waals surface area contributed by atoms with Crippen LogP contribution in [-0.4, -0.2) is 48.2 Å². The average molecular weight is 338 g/mol. The number of hydrogen-bond acceptors (Lipinski definition) is 3. The van der Waals surface area contributed by atoms with Crippen molar-refractivity contribution in [1.29, 1.82) is 0 Å². The van der Waals surface area contributed by atoms with Gasteiger partial charge in [-0.15, -0.1) is 0 Å². The molecule has 1 atom stereocenters. The monoisotopic (exact) mass is 337 g/mol. The van der Waals surface area contributed by atoms with Gasteiger partial charge in [0.25, 0.3) is 0 Å². The highest BCUT2D eigenvalue weighted by Gasteiger charge is 2.46. The summed E-state index contributed by atoms with van der Waals surface area (Å²) in [6.45, 7) is 1.87. The van der Waals surface area contributed by atoms with Crippen molar-refractivity contribution in [1.82, 2.24) is 4.90 Å². The molecule has 2 aliphatic rings. The minimum Gasteiger partial charge on any atom is -0.481 e. The molecule has 1 N–H and O–H groups in total. The maximum absolute atomic E-state index is 13.2. The highest BCUT2D eigenvalue weighted by molar-refractivity contribution is 6.30. The van der Waals surface area contributed by atoms with E-state index in [0.29, 0.717) is 50.6 Å². The Balaban J connectivity index is 1.88. The third kappa shape index (κ3) is 3.08. The number of halogens is 1. The molecule has 0 aliphatic carbocycles. The summed E-state index contributed by atoms with van der Waals surface area (Å²) in [4.78, 5) is 26.1. The molecule has 6 heteroatoms. The highest BCUT2D eigenvalue weighted by Crippen LogP contribution is 2.38. The van der Waals surface area contributed by atoms with Gasteiger partial charge in [-0.1, -0.05) is 23.7 Å². The fourth-order valence-electron chi connectivity index (χ4n) is 3.56. The van der Waals surface area contributed by atoms with Crippen LogP contribution >= 0.6 is 11.6 Å². The first-order chi connectivity index (χ1) is 11.0. The third-order valence-corrected chi connectivity index (χ3v) is 5.23. The van der Waals surface area contributed by atoms with Crippen molar-refractivity contribution in [2.75, 3.05) is 26.3 Å². The minimum absolute atomic E-state index is 0.0203. The maximum atomic E-state index is 13.2. The van der Waals surface area contributed by atoms with Gasteiger partial charge in [0.05, 0.1) is 11.3 Å². The van der Waals surface area contributed by atoms with E-state index in [9.17, 15) is 9.59 Å².